The zero-order valence-electron chi connectivity index (χ0n) is 11.7. The van der Waals surface area contributed by atoms with Crippen LogP contribution < -0.4 is 5.32 Å². The second kappa shape index (κ2) is 6.84. The lowest BCUT2D eigenvalue weighted by Gasteiger charge is -2.21. The van der Waals surface area contributed by atoms with Crippen LogP contribution in [0, 0.1) is 6.92 Å². The molecule has 0 aliphatic rings. The minimum absolute atomic E-state index is 0.0595. The Labute approximate surface area is 124 Å². The molecule has 0 aliphatic carbocycles. The number of halogens is 1. The maximum atomic E-state index is 10.3. The molecule has 0 bridgehead atoms. The Bertz CT molecular complexity index is 557. The molecule has 2 atom stereocenters. The lowest BCUT2D eigenvalue weighted by Crippen LogP contribution is -2.32. The van der Waals surface area contributed by atoms with Gasteiger partial charge in [0.05, 0.1) is 6.10 Å². The largest absolute Gasteiger partial charge is 0.387 e. The molecule has 4 heteroatoms. The minimum atomic E-state index is -0.566. The molecule has 3 nitrogen and oxygen atoms in total. The third-order valence-corrected chi connectivity index (χ3v) is 3.67. The van der Waals surface area contributed by atoms with E-state index in [-0.39, 0.29) is 6.04 Å². The fourth-order valence-corrected chi connectivity index (χ4v) is 2.16. The lowest BCUT2D eigenvalue weighted by molar-refractivity contribution is 0.135. The van der Waals surface area contributed by atoms with E-state index >= 15 is 0 Å². The quantitative estimate of drug-likeness (QED) is 0.888. The number of hydrogen-bond acceptors (Lipinski definition) is 3. The Kier molecular flexibility index (Phi) is 5.12. The smallest absolute Gasteiger partial charge is 0.0940 e. The molecule has 1 aromatic carbocycles. The third-order valence-electron chi connectivity index (χ3n) is 3.42. The topological polar surface area (TPSA) is 45.2 Å². The molecule has 0 saturated carbocycles. The van der Waals surface area contributed by atoms with E-state index < -0.39 is 6.10 Å². The van der Waals surface area contributed by atoms with Gasteiger partial charge < -0.3 is 10.4 Å². The van der Waals surface area contributed by atoms with E-state index in [1.54, 1.807) is 18.3 Å². The van der Waals surface area contributed by atoms with E-state index in [1.807, 2.05) is 38.1 Å². The molecule has 2 rings (SSSR count). The zero-order chi connectivity index (χ0) is 14.5. The molecule has 1 aromatic heterocycles. The minimum Gasteiger partial charge on any atom is -0.387 e. The Morgan fingerprint density at radius 2 is 1.95 bits per heavy atom. The van der Waals surface area contributed by atoms with Crippen molar-refractivity contribution in [2.24, 2.45) is 0 Å². The number of aliphatic hydroxyl groups excluding tert-OH is 1. The maximum absolute atomic E-state index is 10.3. The summed E-state index contributed by atoms with van der Waals surface area (Å²) in [7, 11) is 0. The first-order valence-corrected chi connectivity index (χ1v) is 7.03. The molecule has 2 aromatic rings. The SMILES string of the molecule is Cc1ncccc1CNC(C)C(O)c1ccc(Cl)cc1. The molecule has 0 aliphatic heterocycles. The van der Waals surface area contributed by atoms with Crippen molar-refractivity contribution < 1.29 is 5.11 Å². The van der Waals surface area contributed by atoms with E-state index in [0.29, 0.717) is 11.6 Å². The number of benzene rings is 1. The number of pyridine rings is 1. The molecule has 0 saturated heterocycles. The predicted octanol–water partition coefficient (Wildman–Crippen LogP) is 3.26. The monoisotopic (exact) mass is 290 g/mol. The Morgan fingerprint density at radius 1 is 1.25 bits per heavy atom. The van der Waals surface area contributed by atoms with Crippen LogP contribution in [-0.4, -0.2) is 16.1 Å². The second-order valence-corrected chi connectivity index (χ2v) is 5.35. The van der Waals surface area contributed by atoms with Gasteiger partial charge in [0.25, 0.3) is 0 Å². The summed E-state index contributed by atoms with van der Waals surface area (Å²) in [5, 5.41) is 14.3. The van der Waals surface area contributed by atoms with Gasteiger partial charge in [-0.2, -0.15) is 0 Å². The highest BCUT2D eigenvalue weighted by Crippen LogP contribution is 2.19. The molecule has 0 fully saturated rings. The van der Waals surface area contributed by atoms with Crippen molar-refractivity contribution in [2.45, 2.75) is 32.5 Å². The van der Waals surface area contributed by atoms with Crippen LogP contribution in [0.4, 0.5) is 0 Å². The molecule has 20 heavy (non-hydrogen) atoms. The summed E-state index contributed by atoms with van der Waals surface area (Å²) < 4.78 is 0. The second-order valence-electron chi connectivity index (χ2n) is 4.91. The van der Waals surface area contributed by atoms with Gasteiger partial charge >= 0.3 is 0 Å². The number of aromatic nitrogens is 1. The highest BCUT2D eigenvalue weighted by atomic mass is 35.5. The van der Waals surface area contributed by atoms with Crippen molar-refractivity contribution in [1.82, 2.24) is 10.3 Å². The summed E-state index contributed by atoms with van der Waals surface area (Å²) >= 11 is 5.85. The molecule has 2 unspecified atom stereocenters. The van der Waals surface area contributed by atoms with E-state index in [1.165, 1.54) is 0 Å². The van der Waals surface area contributed by atoms with Crippen LogP contribution in [0.5, 0.6) is 0 Å². The predicted molar refractivity (Wildman–Crippen MR) is 81.7 cm³/mol. The molecule has 106 valence electrons. The van der Waals surface area contributed by atoms with Crippen molar-refractivity contribution in [2.75, 3.05) is 0 Å². The van der Waals surface area contributed by atoms with E-state index in [0.717, 1.165) is 16.8 Å². The number of hydrogen-bond donors (Lipinski definition) is 2. The van der Waals surface area contributed by atoms with Gasteiger partial charge in [-0.15, -0.1) is 0 Å². The van der Waals surface area contributed by atoms with Crippen molar-refractivity contribution in [3.05, 3.63) is 64.4 Å². The lowest BCUT2D eigenvalue weighted by atomic mass is 10.0. The van der Waals surface area contributed by atoms with E-state index in [9.17, 15) is 5.11 Å². The van der Waals surface area contributed by atoms with Gasteiger partial charge in [-0.05, 0) is 43.2 Å². The highest BCUT2D eigenvalue weighted by molar-refractivity contribution is 6.30. The van der Waals surface area contributed by atoms with Gasteiger partial charge in [0, 0.05) is 29.5 Å². The average molecular weight is 291 g/mol. The fourth-order valence-electron chi connectivity index (χ4n) is 2.04. The number of rotatable bonds is 5. The number of nitrogens with zero attached hydrogens (tertiary/aromatic N) is 1. The number of nitrogens with one attached hydrogen (secondary N) is 1. The van der Waals surface area contributed by atoms with Crippen LogP contribution in [-0.2, 0) is 6.54 Å². The van der Waals surface area contributed by atoms with Gasteiger partial charge in [-0.25, -0.2) is 0 Å². The normalized spacial score (nSPS) is 14.0. The Hall–Kier alpha value is -1.42. The van der Waals surface area contributed by atoms with Gasteiger partial charge in [-0.1, -0.05) is 29.8 Å². The maximum Gasteiger partial charge on any atom is 0.0940 e. The van der Waals surface area contributed by atoms with Crippen LogP contribution in [0.25, 0.3) is 0 Å². The van der Waals surface area contributed by atoms with Crippen molar-refractivity contribution in [1.29, 1.82) is 0 Å². The van der Waals surface area contributed by atoms with Gasteiger partial charge in [0.1, 0.15) is 0 Å². The molecular formula is C16H19ClN2O. The summed E-state index contributed by atoms with van der Waals surface area (Å²) in [6.07, 6.45) is 1.22. The first kappa shape index (κ1) is 15.0. The standard InChI is InChI=1S/C16H19ClN2O/c1-11-14(4-3-9-18-11)10-19-12(2)16(20)13-5-7-15(17)8-6-13/h3-9,12,16,19-20H,10H2,1-2H3. The first-order valence-electron chi connectivity index (χ1n) is 6.65. The van der Waals surface area contributed by atoms with Crippen LogP contribution >= 0.6 is 11.6 Å². The zero-order valence-corrected chi connectivity index (χ0v) is 12.4. The Balaban J connectivity index is 1.96. The molecule has 0 spiro atoms. The van der Waals surface area contributed by atoms with Gasteiger partial charge in [0.15, 0.2) is 0 Å². The summed E-state index contributed by atoms with van der Waals surface area (Å²) in [6, 6.07) is 11.2. The third kappa shape index (κ3) is 3.79. The number of aliphatic hydroxyl groups is 1. The average Bonchev–Trinajstić information content (AvgIpc) is 2.46. The molecule has 2 N–H and O–H groups in total. The molecule has 1 heterocycles. The van der Waals surface area contributed by atoms with E-state index in [2.05, 4.69) is 10.3 Å². The van der Waals surface area contributed by atoms with Gasteiger partial charge in [-0.3, -0.25) is 4.98 Å². The first-order chi connectivity index (χ1) is 9.58. The van der Waals surface area contributed by atoms with E-state index in [4.69, 9.17) is 11.6 Å². The molecule has 0 radical (unpaired) electrons. The van der Waals surface area contributed by atoms with Crippen LogP contribution in [0.2, 0.25) is 5.02 Å². The van der Waals surface area contributed by atoms with Gasteiger partial charge in [0.2, 0.25) is 0 Å². The summed E-state index contributed by atoms with van der Waals surface area (Å²) in [5.74, 6) is 0. The summed E-state index contributed by atoms with van der Waals surface area (Å²) in [4.78, 5) is 4.25. The summed E-state index contributed by atoms with van der Waals surface area (Å²) in [5.41, 5.74) is 3.01. The van der Waals surface area contributed by atoms with Crippen LogP contribution in [0.15, 0.2) is 42.6 Å². The fraction of sp³-hybridized carbons (Fsp3) is 0.312. The number of aryl methyl sites for hydroxylation is 1. The van der Waals surface area contributed by atoms with Crippen molar-refractivity contribution in [3.63, 3.8) is 0 Å². The van der Waals surface area contributed by atoms with Crippen molar-refractivity contribution in [3.8, 4) is 0 Å². The van der Waals surface area contributed by atoms with Crippen LogP contribution in [0.3, 0.4) is 0 Å². The van der Waals surface area contributed by atoms with Crippen molar-refractivity contribution >= 4 is 11.6 Å². The molecule has 0 amide bonds. The Morgan fingerprint density at radius 3 is 2.60 bits per heavy atom. The highest BCUT2D eigenvalue weighted by Gasteiger charge is 2.16. The van der Waals surface area contributed by atoms with Crippen LogP contribution in [0.1, 0.15) is 29.8 Å². The summed E-state index contributed by atoms with van der Waals surface area (Å²) in [6.45, 7) is 4.63. The molecular weight excluding hydrogens is 272 g/mol.